The predicted octanol–water partition coefficient (Wildman–Crippen LogP) is 5.59. The van der Waals surface area contributed by atoms with Gasteiger partial charge in [-0.05, 0) is 31.9 Å². The number of ether oxygens (including phenoxy) is 2. The number of nitrogens with zero attached hydrogens (tertiary/aromatic N) is 7. The second-order valence-electron chi connectivity index (χ2n) is 12.2. The van der Waals surface area contributed by atoms with Gasteiger partial charge >= 0.3 is 12.2 Å². The van der Waals surface area contributed by atoms with Crippen molar-refractivity contribution in [2.75, 3.05) is 49.2 Å². The lowest BCUT2D eigenvalue weighted by molar-refractivity contribution is -0.137. The number of aryl methyl sites for hydroxylation is 1. The standard InChI is InChI=1S/C30H28ClF6N9O2/c1-13-9-15(38)42-22(18(13)30(35,36)37)16-19(31)24-17-23(20(16)32)43-27(48-12-28-3-6-45(28)11-29(33,34)10-28)44-26(17)46(7-8-47-24)14(2)21-25(39)41-5-4-40-21/h4-5,9,14H,3,6-8,10-12H2,1-2H3,(H2,38,42)(H2,39,41)/t14-,28-/m1/s1. The van der Waals surface area contributed by atoms with Gasteiger partial charge in [-0.25, -0.2) is 23.1 Å². The normalized spacial score (nSPS) is 21.0. The van der Waals surface area contributed by atoms with E-state index in [1.807, 2.05) is 0 Å². The Morgan fingerprint density at radius 3 is 2.54 bits per heavy atom. The molecule has 0 bridgehead atoms. The maximum Gasteiger partial charge on any atom is 0.418 e. The zero-order chi connectivity index (χ0) is 34.3. The molecule has 0 saturated carbocycles. The number of aromatic nitrogens is 5. The van der Waals surface area contributed by atoms with Gasteiger partial charge in [0.1, 0.15) is 41.9 Å². The lowest BCUT2D eigenvalue weighted by atomic mass is 9.85. The van der Waals surface area contributed by atoms with E-state index in [0.717, 1.165) is 6.07 Å². The van der Waals surface area contributed by atoms with Crippen LogP contribution in [0.3, 0.4) is 0 Å². The number of alkyl halides is 5. The Balaban J connectivity index is 1.45. The highest BCUT2D eigenvalue weighted by atomic mass is 35.5. The summed E-state index contributed by atoms with van der Waals surface area (Å²) in [7, 11) is 0. The topological polar surface area (TPSA) is 141 Å². The first-order valence-corrected chi connectivity index (χ1v) is 15.3. The van der Waals surface area contributed by atoms with Crippen LogP contribution in [0.5, 0.6) is 11.8 Å². The quantitative estimate of drug-likeness (QED) is 0.244. The average Bonchev–Trinajstić information content (AvgIpc) is 3.10. The molecule has 0 spiro atoms. The SMILES string of the molecule is Cc1cc(N)nc(-c2c(Cl)c3c4c(nc(OC[C@]56CCN5CC(F)(F)C6)nc4c2F)N([C@H](C)c2nccnc2N)CCO3)c1C(F)(F)F. The maximum absolute atomic E-state index is 16.9. The molecular formula is C30H28ClF6N9O2. The van der Waals surface area contributed by atoms with E-state index < -0.39 is 75.8 Å². The lowest BCUT2D eigenvalue weighted by Gasteiger charge is -2.46. The van der Waals surface area contributed by atoms with E-state index >= 15 is 4.39 Å². The van der Waals surface area contributed by atoms with Gasteiger partial charge in [0, 0.05) is 25.4 Å². The van der Waals surface area contributed by atoms with Crippen LogP contribution < -0.4 is 25.8 Å². The fourth-order valence-electron chi connectivity index (χ4n) is 6.91. The molecule has 18 heteroatoms. The molecule has 0 aliphatic carbocycles. The summed E-state index contributed by atoms with van der Waals surface area (Å²) < 4.78 is 101. The van der Waals surface area contributed by atoms with Crippen molar-refractivity contribution in [1.82, 2.24) is 29.8 Å². The van der Waals surface area contributed by atoms with Crippen molar-refractivity contribution in [3.63, 3.8) is 0 Å². The average molecular weight is 696 g/mol. The van der Waals surface area contributed by atoms with Crippen molar-refractivity contribution < 1.29 is 35.8 Å². The number of pyridine rings is 1. The fraction of sp³-hybridized carbons (Fsp3) is 0.433. The van der Waals surface area contributed by atoms with Gasteiger partial charge in [-0.15, -0.1) is 0 Å². The van der Waals surface area contributed by atoms with Gasteiger partial charge < -0.3 is 25.8 Å². The molecule has 2 atom stereocenters. The minimum Gasteiger partial charge on any atom is -0.489 e. The van der Waals surface area contributed by atoms with Crippen molar-refractivity contribution in [1.29, 1.82) is 0 Å². The van der Waals surface area contributed by atoms with Gasteiger partial charge in [0.2, 0.25) is 0 Å². The van der Waals surface area contributed by atoms with Gasteiger partial charge in [-0.3, -0.25) is 9.88 Å². The molecule has 4 N–H and O–H groups in total. The van der Waals surface area contributed by atoms with Crippen molar-refractivity contribution in [2.45, 2.75) is 50.4 Å². The van der Waals surface area contributed by atoms with Gasteiger partial charge in [0.05, 0.1) is 51.9 Å². The lowest BCUT2D eigenvalue weighted by Crippen LogP contribution is -2.59. The second-order valence-corrected chi connectivity index (χ2v) is 12.6. The molecule has 0 unspecified atom stereocenters. The van der Waals surface area contributed by atoms with Crippen LogP contribution in [0.4, 0.5) is 43.8 Å². The minimum absolute atomic E-state index is 0.0416. The number of hydrogen-bond donors (Lipinski definition) is 2. The van der Waals surface area contributed by atoms with E-state index in [0.29, 0.717) is 18.7 Å². The molecule has 3 aromatic heterocycles. The molecule has 0 amide bonds. The van der Waals surface area contributed by atoms with Crippen LogP contribution >= 0.6 is 11.6 Å². The third kappa shape index (κ3) is 5.14. The van der Waals surface area contributed by atoms with E-state index in [1.54, 1.807) is 16.7 Å². The number of hydrogen-bond acceptors (Lipinski definition) is 11. The molecular weight excluding hydrogens is 668 g/mol. The number of nitrogen functional groups attached to an aromatic ring is 2. The molecule has 1 aromatic carbocycles. The zero-order valence-electron chi connectivity index (χ0n) is 25.5. The highest BCUT2D eigenvalue weighted by molar-refractivity contribution is 6.36. The van der Waals surface area contributed by atoms with E-state index in [-0.39, 0.29) is 53.9 Å². The summed E-state index contributed by atoms with van der Waals surface area (Å²) in [6, 6.07) is -0.0273. The van der Waals surface area contributed by atoms with Crippen molar-refractivity contribution in [3.05, 3.63) is 46.1 Å². The first-order valence-electron chi connectivity index (χ1n) is 14.9. The Labute approximate surface area is 274 Å². The summed E-state index contributed by atoms with van der Waals surface area (Å²) >= 11 is 6.72. The Hall–Kier alpha value is -4.38. The molecule has 11 nitrogen and oxygen atoms in total. The fourth-order valence-corrected chi connectivity index (χ4v) is 7.23. The first kappa shape index (κ1) is 32.2. The summed E-state index contributed by atoms with van der Waals surface area (Å²) in [5, 5.41) is -0.572. The molecule has 0 radical (unpaired) electrons. The number of benzene rings is 1. The molecule has 2 saturated heterocycles. The molecule has 7 rings (SSSR count). The van der Waals surface area contributed by atoms with Crippen LogP contribution in [0.15, 0.2) is 18.5 Å². The third-order valence-electron chi connectivity index (χ3n) is 9.17. The Bertz CT molecular complexity index is 1970. The van der Waals surface area contributed by atoms with E-state index in [4.69, 9.17) is 32.5 Å². The van der Waals surface area contributed by atoms with Crippen LogP contribution in [0.1, 0.15) is 42.6 Å². The van der Waals surface area contributed by atoms with E-state index in [9.17, 15) is 22.0 Å². The third-order valence-corrected chi connectivity index (χ3v) is 9.53. The van der Waals surface area contributed by atoms with Crippen molar-refractivity contribution >= 4 is 40.0 Å². The number of rotatable bonds is 6. The summed E-state index contributed by atoms with van der Waals surface area (Å²) in [4.78, 5) is 24.4. The summed E-state index contributed by atoms with van der Waals surface area (Å²) in [6.45, 7) is 2.72. The Kier molecular flexibility index (Phi) is 7.43. The smallest absolute Gasteiger partial charge is 0.418 e. The monoisotopic (exact) mass is 695 g/mol. The molecule has 4 aromatic rings. The summed E-state index contributed by atoms with van der Waals surface area (Å²) in [5.41, 5.74) is 7.70. The molecule has 6 heterocycles. The van der Waals surface area contributed by atoms with Gasteiger partial charge in [-0.2, -0.15) is 23.1 Å². The van der Waals surface area contributed by atoms with Crippen LogP contribution in [-0.4, -0.2) is 74.1 Å². The van der Waals surface area contributed by atoms with Crippen molar-refractivity contribution in [3.8, 4) is 23.0 Å². The second kappa shape index (κ2) is 11.1. The Morgan fingerprint density at radius 2 is 1.88 bits per heavy atom. The van der Waals surface area contributed by atoms with Crippen LogP contribution in [0.2, 0.25) is 5.02 Å². The predicted molar refractivity (Wildman–Crippen MR) is 164 cm³/mol. The molecule has 3 aliphatic rings. The zero-order valence-corrected chi connectivity index (χ0v) is 26.3. The van der Waals surface area contributed by atoms with Gasteiger partial charge in [0.15, 0.2) is 11.6 Å². The van der Waals surface area contributed by atoms with E-state index in [2.05, 4.69) is 24.9 Å². The van der Waals surface area contributed by atoms with Gasteiger partial charge in [0.25, 0.3) is 5.92 Å². The van der Waals surface area contributed by atoms with Crippen LogP contribution in [-0.2, 0) is 6.18 Å². The number of halogens is 7. The minimum atomic E-state index is -4.97. The largest absolute Gasteiger partial charge is 0.489 e. The van der Waals surface area contributed by atoms with Crippen LogP contribution in [0, 0.1) is 12.7 Å². The Morgan fingerprint density at radius 1 is 1.12 bits per heavy atom. The molecule has 2 fully saturated rings. The highest BCUT2D eigenvalue weighted by Crippen LogP contribution is 2.51. The first-order chi connectivity index (χ1) is 22.6. The van der Waals surface area contributed by atoms with Crippen molar-refractivity contribution in [2.24, 2.45) is 0 Å². The maximum atomic E-state index is 16.9. The van der Waals surface area contributed by atoms with E-state index in [1.165, 1.54) is 19.3 Å². The number of fused-ring (bicyclic) bond motifs is 1. The molecule has 3 aliphatic heterocycles. The number of nitrogens with two attached hydrogens (primary N) is 2. The summed E-state index contributed by atoms with van der Waals surface area (Å²) in [6.07, 6.45) is -2.12. The van der Waals surface area contributed by atoms with Crippen LogP contribution in [0.25, 0.3) is 22.2 Å². The highest BCUT2D eigenvalue weighted by Gasteiger charge is 2.60. The molecule has 48 heavy (non-hydrogen) atoms. The van der Waals surface area contributed by atoms with Gasteiger partial charge in [-0.1, -0.05) is 11.6 Å². The summed E-state index contributed by atoms with van der Waals surface area (Å²) in [5.74, 6) is -4.53. The molecule has 254 valence electrons. The number of anilines is 3.